The molecular formula is C37H40ClF2N5. The number of benzene rings is 4. The van der Waals surface area contributed by atoms with E-state index in [0.717, 1.165) is 87.9 Å². The highest BCUT2D eigenvalue weighted by Crippen LogP contribution is 2.20. The molecule has 0 bridgehead atoms. The first kappa shape index (κ1) is 32.4. The van der Waals surface area contributed by atoms with Crippen LogP contribution >= 0.6 is 11.6 Å². The van der Waals surface area contributed by atoms with Crippen molar-refractivity contribution in [3.8, 4) is 0 Å². The van der Waals surface area contributed by atoms with Crippen molar-refractivity contribution in [2.75, 3.05) is 62.2 Å². The van der Waals surface area contributed by atoms with Gasteiger partial charge in [0.1, 0.15) is 11.6 Å². The summed E-state index contributed by atoms with van der Waals surface area (Å²) in [6.07, 6.45) is 0. The molecule has 2 heterocycles. The number of hydrogen-bond acceptors (Lipinski definition) is 4. The average Bonchev–Trinajstić information content (AvgIpc) is 3.08. The molecule has 0 atom stereocenters. The summed E-state index contributed by atoms with van der Waals surface area (Å²) in [5.74, 6) is 0.202. The lowest BCUT2D eigenvalue weighted by Crippen LogP contribution is -2.45. The summed E-state index contributed by atoms with van der Waals surface area (Å²) < 4.78 is 26.0. The van der Waals surface area contributed by atoms with Gasteiger partial charge < -0.3 is 14.6 Å². The molecule has 8 heteroatoms. The van der Waals surface area contributed by atoms with Crippen LogP contribution in [-0.4, -0.2) is 62.2 Å². The Kier molecular flexibility index (Phi) is 11.8. The number of alkyl halides is 1. The Morgan fingerprint density at radius 2 is 0.867 bits per heavy atom. The third-order valence-electron chi connectivity index (χ3n) is 8.40. The third kappa shape index (κ3) is 9.76. The van der Waals surface area contributed by atoms with Gasteiger partial charge in [-0.3, -0.25) is 9.80 Å². The summed E-state index contributed by atoms with van der Waals surface area (Å²) in [7, 11) is 0. The molecule has 2 aliphatic heterocycles. The second kappa shape index (κ2) is 16.4. The van der Waals surface area contributed by atoms with Gasteiger partial charge in [0.25, 0.3) is 0 Å². The van der Waals surface area contributed by atoms with Gasteiger partial charge in [-0.15, -0.1) is 11.6 Å². The quantitative estimate of drug-likeness (QED) is 0.149. The standard InChI is InChI=1S/C19H20FN3.C18H20ClFN2/c1-21-14-16-2-4-17(5-3-16)15-22-10-12-23(13-11-22)19-8-6-18(20)7-9-19;19-13-15-1-3-16(4-2-15)14-21-9-11-22(12-10-21)18-7-5-17(20)6-8-18/h2-9H,10-15H2;1-8H,9-14H2. The summed E-state index contributed by atoms with van der Waals surface area (Å²) in [5, 5.41) is 0. The zero-order chi connectivity index (χ0) is 31.4. The highest BCUT2D eigenvalue weighted by molar-refractivity contribution is 6.17. The van der Waals surface area contributed by atoms with Gasteiger partial charge >= 0.3 is 0 Å². The largest absolute Gasteiger partial charge is 0.369 e. The van der Waals surface area contributed by atoms with Gasteiger partial charge in [-0.2, -0.15) is 0 Å². The van der Waals surface area contributed by atoms with Crippen LogP contribution in [-0.2, 0) is 25.5 Å². The van der Waals surface area contributed by atoms with E-state index in [-0.39, 0.29) is 11.6 Å². The van der Waals surface area contributed by atoms with Gasteiger partial charge in [-0.25, -0.2) is 15.4 Å². The molecule has 0 saturated carbocycles. The molecule has 234 valence electrons. The van der Waals surface area contributed by atoms with E-state index >= 15 is 0 Å². The van der Waals surface area contributed by atoms with Crippen LogP contribution in [0.15, 0.2) is 97.1 Å². The first-order valence-corrected chi connectivity index (χ1v) is 16.0. The van der Waals surface area contributed by atoms with Gasteiger partial charge in [0, 0.05) is 88.3 Å². The molecule has 0 radical (unpaired) electrons. The van der Waals surface area contributed by atoms with Crippen molar-refractivity contribution in [2.45, 2.75) is 25.5 Å². The van der Waals surface area contributed by atoms with E-state index in [2.05, 4.69) is 60.8 Å². The molecule has 0 unspecified atom stereocenters. The average molecular weight is 628 g/mol. The number of anilines is 2. The zero-order valence-electron chi connectivity index (χ0n) is 25.6. The molecule has 4 aromatic rings. The normalized spacial score (nSPS) is 15.7. The summed E-state index contributed by atoms with van der Waals surface area (Å²) in [5.41, 5.74) is 7.04. The summed E-state index contributed by atoms with van der Waals surface area (Å²) in [6, 6.07) is 30.3. The fourth-order valence-corrected chi connectivity index (χ4v) is 5.90. The van der Waals surface area contributed by atoms with Gasteiger partial charge in [-0.05, 0) is 65.2 Å². The molecule has 0 aromatic heterocycles. The van der Waals surface area contributed by atoms with E-state index in [1.54, 1.807) is 0 Å². The highest BCUT2D eigenvalue weighted by Gasteiger charge is 2.18. The van der Waals surface area contributed by atoms with Crippen LogP contribution in [0.1, 0.15) is 22.3 Å². The first-order valence-electron chi connectivity index (χ1n) is 15.5. The minimum absolute atomic E-state index is 0.178. The van der Waals surface area contributed by atoms with Crippen molar-refractivity contribution in [3.05, 3.63) is 142 Å². The Bertz CT molecular complexity index is 1490. The van der Waals surface area contributed by atoms with E-state index < -0.39 is 0 Å². The molecule has 6 rings (SSSR count). The predicted molar refractivity (Wildman–Crippen MR) is 181 cm³/mol. The minimum Gasteiger partial charge on any atom is -0.369 e. The number of nitrogens with zero attached hydrogens (tertiary/aromatic N) is 5. The van der Waals surface area contributed by atoms with Crippen molar-refractivity contribution in [2.24, 2.45) is 0 Å². The monoisotopic (exact) mass is 627 g/mol. The van der Waals surface area contributed by atoms with Gasteiger partial charge in [0.2, 0.25) is 6.54 Å². The number of piperazine rings is 2. The van der Waals surface area contributed by atoms with Crippen LogP contribution in [0.3, 0.4) is 0 Å². The molecule has 0 N–H and O–H groups in total. The maximum Gasteiger partial charge on any atom is 0.239 e. The van der Waals surface area contributed by atoms with Crippen molar-refractivity contribution in [3.63, 3.8) is 0 Å². The van der Waals surface area contributed by atoms with E-state index in [9.17, 15) is 8.78 Å². The fourth-order valence-electron chi connectivity index (χ4n) is 5.72. The Labute approximate surface area is 271 Å². The molecule has 2 saturated heterocycles. The second-order valence-electron chi connectivity index (χ2n) is 11.6. The fraction of sp³-hybridized carbons (Fsp3) is 0.324. The van der Waals surface area contributed by atoms with Crippen LogP contribution in [0.4, 0.5) is 20.2 Å². The molecule has 45 heavy (non-hydrogen) atoms. The van der Waals surface area contributed by atoms with Gasteiger partial charge in [0.05, 0.1) is 0 Å². The summed E-state index contributed by atoms with van der Waals surface area (Å²) >= 11 is 5.82. The maximum atomic E-state index is 13.0. The maximum absolute atomic E-state index is 13.0. The number of rotatable bonds is 8. The number of halogens is 3. The molecule has 0 aliphatic carbocycles. The van der Waals surface area contributed by atoms with Crippen LogP contribution in [0.25, 0.3) is 4.85 Å². The molecule has 4 aromatic carbocycles. The predicted octanol–water partition coefficient (Wildman–Crippen LogP) is 7.45. The smallest absolute Gasteiger partial charge is 0.239 e. The van der Waals surface area contributed by atoms with Crippen LogP contribution in [0.2, 0.25) is 0 Å². The lowest BCUT2D eigenvalue weighted by Gasteiger charge is -2.36. The van der Waals surface area contributed by atoms with E-state index in [0.29, 0.717) is 12.4 Å². The van der Waals surface area contributed by atoms with Crippen LogP contribution < -0.4 is 9.80 Å². The molecular weight excluding hydrogens is 588 g/mol. The molecule has 0 spiro atoms. The molecule has 2 aliphatic rings. The topological polar surface area (TPSA) is 17.3 Å². The second-order valence-corrected chi connectivity index (χ2v) is 11.8. The van der Waals surface area contributed by atoms with Crippen molar-refractivity contribution >= 4 is 23.0 Å². The van der Waals surface area contributed by atoms with E-state index in [4.69, 9.17) is 18.2 Å². The van der Waals surface area contributed by atoms with E-state index in [1.807, 2.05) is 36.4 Å². The Morgan fingerprint density at radius 3 is 1.22 bits per heavy atom. The number of hydrogen-bond donors (Lipinski definition) is 0. The van der Waals surface area contributed by atoms with E-state index in [1.165, 1.54) is 35.4 Å². The minimum atomic E-state index is -0.186. The van der Waals surface area contributed by atoms with Crippen molar-refractivity contribution < 1.29 is 8.78 Å². The van der Waals surface area contributed by atoms with Gasteiger partial charge in [-0.1, -0.05) is 48.5 Å². The third-order valence-corrected chi connectivity index (χ3v) is 8.71. The van der Waals surface area contributed by atoms with Crippen molar-refractivity contribution in [1.29, 1.82) is 0 Å². The summed E-state index contributed by atoms with van der Waals surface area (Å²) in [4.78, 5) is 12.9. The summed E-state index contributed by atoms with van der Waals surface area (Å²) in [6.45, 7) is 17.2. The van der Waals surface area contributed by atoms with Crippen molar-refractivity contribution in [1.82, 2.24) is 9.80 Å². The first-order chi connectivity index (χ1) is 22.0. The Balaban J connectivity index is 0.000000178. The zero-order valence-corrected chi connectivity index (χ0v) is 26.3. The Hall–Kier alpha value is -3.96. The highest BCUT2D eigenvalue weighted by atomic mass is 35.5. The van der Waals surface area contributed by atoms with Gasteiger partial charge in [0.15, 0.2) is 0 Å². The molecule has 2 fully saturated rings. The lowest BCUT2D eigenvalue weighted by atomic mass is 10.1. The lowest BCUT2D eigenvalue weighted by molar-refractivity contribution is 0.250. The van der Waals surface area contributed by atoms with Crippen LogP contribution in [0, 0.1) is 18.2 Å². The SMILES string of the molecule is Fc1ccc(N2CCN(Cc3ccc(CCl)cc3)CC2)cc1.[C-]#[N+]Cc1ccc(CN2CCN(c3ccc(F)cc3)CC2)cc1. The molecule has 0 amide bonds. The molecule has 5 nitrogen and oxygen atoms in total. The Morgan fingerprint density at radius 1 is 0.511 bits per heavy atom. The van der Waals surface area contributed by atoms with Crippen LogP contribution in [0.5, 0.6) is 0 Å².